The topological polar surface area (TPSA) is 79.0 Å². The Labute approximate surface area is 182 Å². The van der Waals surface area contributed by atoms with E-state index in [-0.39, 0.29) is 6.54 Å². The molecule has 0 aliphatic carbocycles. The predicted molar refractivity (Wildman–Crippen MR) is 120 cm³/mol. The zero-order valence-electron chi connectivity index (χ0n) is 17.3. The summed E-state index contributed by atoms with van der Waals surface area (Å²) in [5.41, 5.74) is 2.11. The maximum absolute atomic E-state index is 12.8. The third-order valence-electron chi connectivity index (χ3n) is 5.01. The molecule has 9 heteroatoms. The van der Waals surface area contributed by atoms with Crippen molar-refractivity contribution in [1.29, 1.82) is 0 Å². The standard InChI is InChI=1S/C21H26ClN3O4S/c1-4-24(5-2)13-15-6-9-17(10-7-15)23-21(26)20-14-25(30(3,27)28)18-12-16(22)8-11-19(18)29-20/h6-12,20H,4-5,13-14H2,1-3H3,(H,23,26). The second kappa shape index (κ2) is 9.24. The number of carbonyl (C=O) groups is 1. The average molecular weight is 452 g/mol. The van der Waals surface area contributed by atoms with Crippen LogP contribution in [0.4, 0.5) is 11.4 Å². The van der Waals surface area contributed by atoms with Crippen LogP contribution < -0.4 is 14.4 Å². The molecule has 0 fully saturated rings. The highest BCUT2D eigenvalue weighted by molar-refractivity contribution is 7.92. The number of anilines is 2. The fourth-order valence-electron chi connectivity index (χ4n) is 3.30. The molecule has 0 aromatic heterocycles. The van der Waals surface area contributed by atoms with Gasteiger partial charge >= 0.3 is 0 Å². The summed E-state index contributed by atoms with van der Waals surface area (Å²) in [5.74, 6) is -0.119. The van der Waals surface area contributed by atoms with Crippen LogP contribution in [0.2, 0.25) is 5.02 Å². The molecule has 0 saturated heterocycles. The van der Waals surface area contributed by atoms with E-state index in [1.807, 2.05) is 24.3 Å². The highest BCUT2D eigenvalue weighted by Gasteiger charge is 2.35. The molecular weight excluding hydrogens is 426 g/mol. The van der Waals surface area contributed by atoms with Gasteiger partial charge in [-0.2, -0.15) is 0 Å². The van der Waals surface area contributed by atoms with Gasteiger partial charge < -0.3 is 10.1 Å². The predicted octanol–water partition coefficient (Wildman–Crippen LogP) is 3.35. The Morgan fingerprint density at radius 3 is 2.47 bits per heavy atom. The van der Waals surface area contributed by atoms with Crippen molar-refractivity contribution in [1.82, 2.24) is 4.90 Å². The monoisotopic (exact) mass is 451 g/mol. The van der Waals surface area contributed by atoms with Gasteiger partial charge in [-0.1, -0.05) is 37.6 Å². The Balaban J connectivity index is 1.73. The van der Waals surface area contributed by atoms with Crippen molar-refractivity contribution in [3.05, 3.63) is 53.1 Å². The lowest BCUT2D eigenvalue weighted by atomic mass is 10.1. The molecule has 2 aromatic rings. The average Bonchev–Trinajstić information content (AvgIpc) is 2.71. The first kappa shape index (κ1) is 22.4. The minimum absolute atomic E-state index is 0.127. The number of amides is 1. The van der Waals surface area contributed by atoms with Gasteiger partial charge in [-0.3, -0.25) is 14.0 Å². The largest absolute Gasteiger partial charge is 0.476 e. The van der Waals surface area contributed by atoms with E-state index in [0.717, 1.165) is 35.8 Å². The van der Waals surface area contributed by atoms with Gasteiger partial charge in [0.05, 0.1) is 18.5 Å². The number of nitrogens with zero attached hydrogens (tertiary/aromatic N) is 2. The molecule has 1 aliphatic heterocycles. The molecule has 1 heterocycles. The number of hydrogen-bond donors (Lipinski definition) is 1. The van der Waals surface area contributed by atoms with Crippen LogP contribution in [0.25, 0.3) is 0 Å². The third kappa shape index (κ3) is 5.24. The van der Waals surface area contributed by atoms with Crippen LogP contribution >= 0.6 is 11.6 Å². The van der Waals surface area contributed by atoms with E-state index in [9.17, 15) is 13.2 Å². The summed E-state index contributed by atoms with van der Waals surface area (Å²) in [6.45, 7) is 6.89. The summed E-state index contributed by atoms with van der Waals surface area (Å²) in [5, 5.41) is 3.20. The molecule has 1 atom stereocenters. The molecule has 162 valence electrons. The van der Waals surface area contributed by atoms with Gasteiger partial charge in [0.1, 0.15) is 5.75 Å². The number of rotatable bonds is 7. The van der Waals surface area contributed by atoms with Crippen molar-refractivity contribution in [2.45, 2.75) is 26.5 Å². The van der Waals surface area contributed by atoms with E-state index in [1.165, 1.54) is 6.07 Å². The van der Waals surface area contributed by atoms with Crippen molar-refractivity contribution in [3.63, 3.8) is 0 Å². The van der Waals surface area contributed by atoms with Gasteiger partial charge in [-0.25, -0.2) is 8.42 Å². The summed E-state index contributed by atoms with van der Waals surface area (Å²) >= 11 is 6.00. The van der Waals surface area contributed by atoms with E-state index < -0.39 is 22.0 Å². The number of fused-ring (bicyclic) bond motifs is 1. The first-order valence-corrected chi connectivity index (χ1v) is 12.0. The molecule has 7 nitrogen and oxygen atoms in total. The lowest BCUT2D eigenvalue weighted by molar-refractivity contribution is -0.122. The molecule has 30 heavy (non-hydrogen) atoms. The Morgan fingerprint density at radius 2 is 1.87 bits per heavy atom. The van der Waals surface area contributed by atoms with E-state index in [4.69, 9.17) is 16.3 Å². The maximum Gasteiger partial charge on any atom is 0.267 e. The van der Waals surface area contributed by atoms with Gasteiger partial charge in [0, 0.05) is 17.3 Å². The number of nitrogens with one attached hydrogen (secondary N) is 1. The number of carbonyl (C=O) groups excluding carboxylic acids is 1. The van der Waals surface area contributed by atoms with E-state index >= 15 is 0 Å². The molecule has 2 aromatic carbocycles. The summed E-state index contributed by atoms with van der Waals surface area (Å²) in [6, 6.07) is 12.3. The highest BCUT2D eigenvalue weighted by atomic mass is 35.5. The van der Waals surface area contributed by atoms with Crippen LogP contribution in [0.1, 0.15) is 19.4 Å². The van der Waals surface area contributed by atoms with Crippen molar-refractivity contribution in [2.75, 3.05) is 35.5 Å². The summed E-state index contributed by atoms with van der Waals surface area (Å²) in [6.07, 6.45) is 0.107. The maximum atomic E-state index is 12.8. The Hall–Kier alpha value is -2.29. The van der Waals surface area contributed by atoms with Crippen molar-refractivity contribution < 1.29 is 17.9 Å². The first-order valence-electron chi connectivity index (χ1n) is 9.77. The first-order chi connectivity index (χ1) is 14.2. The molecular formula is C21H26ClN3O4S. The van der Waals surface area contributed by atoms with Gasteiger partial charge in [0.15, 0.2) is 6.10 Å². The molecule has 0 saturated carbocycles. The SMILES string of the molecule is CCN(CC)Cc1ccc(NC(=O)C2CN(S(C)(=O)=O)c3cc(Cl)ccc3O2)cc1. The molecule has 3 rings (SSSR count). The molecule has 1 unspecified atom stereocenters. The second-order valence-corrected chi connectivity index (χ2v) is 9.50. The number of sulfonamides is 1. The molecule has 0 bridgehead atoms. The van der Waals surface area contributed by atoms with Gasteiger partial charge in [-0.15, -0.1) is 0 Å². The molecule has 1 amide bonds. The van der Waals surface area contributed by atoms with E-state index in [2.05, 4.69) is 24.1 Å². The minimum atomic E-state index is -3.61. The summed E-state index contributed by atoms with van der Waals surface area (Å²) in [4.78, 5) is 15.1. The van der Waals surface area contributed by atoms with Crippen LogP contribution in [0, 0.1) is 0 Å². The Morgan fingerprint density at radius 1 is 1.20 bits per heavy atom. The number of benzene rings is 2. The van der Waals surface area contributed by atoms with Crippen molar-refractivity contribution in [2.24, 2.45) is 0 Å². The van der Waals surface area contributed by atoms with Crippen molar-refractivity contribution >= 4 is 38.9 Å². The fraction of sp³-hybridized carbons (Fsp3) is 0.381. The fourth-order valence-corrected chi connectivity index (χ4v) is 4.37. The van der Waals surface area contributed by atoms with E-state index in [0.29, 0.717) is 22.1 Å². The molecule has 0 spiro atoms. The number of hydrogen-bond acceptors (Lipinski definition) is 5. The third-order valence-corrected chi connectivity index (χ3v) is 6.39. The highest BCUT2D eigenvalue weighted by Crippen LogP contribution is 2.37. The van der Waals surface area contributed by atoms with Crippen molar-refractivity contribution in [3.8, 4) is 5.75 Å². The van der Waals surface area contributed by atoms with Crippen LogP contribution in [0.3, 0.4) is 0 Å². The quantitative estimate of drug-likeness (QED) is 0.698. The Bertz CT molecular complexity index is 1010. The molecule has 1 aliphatic rings. The lowest BCUT2D eigenvalue weighted by Gasteiger charge is -2.34. The second-order valence-electron chi connectivity index (χ2n) is 7.16. The summed E-state index contributed by atoms with van der Waals surface area (Å²) in [7, 11) is -3.61. The van der Waals surface area contributed by atoms with Crippen LogP contribution in [-0.4, -0.2) is 51.2 Å². The van der Waals surface area contributed by atoms with Crippen LogP contribution in [0.5, 0.6) is 5.75 Å². The Kier molecular flexibility index (Phi) is 6.90. The lowest BCUT2D eigenvalue weighted by Crippen LogP contribution is -2.48. The van der Waals surface area contributed by atoms with Gasteiger partial charge in [0.25, 0.3) is 5.91 Å². The zero-order valence-corrected chi connectivity index (χ0v) is 18.8. The molecule has 1 N–H and O–H groups in total. The smallest absolute Gasteiger partial charge is 0.267 e. The number of halogens is 1. The van der Waals surface area contributed by atoms with Gasteiger partial charge in [0.2, 0.25) is 10.0 Å². The zero-order chi connectivity index (χ0) is 21.9. The van der Waals surface area contributed by atoms with Crippen LogP contribution in [-0.2, 0) is 21.4 Å². The number of ether oxygens (including phenoxy) is 1. The van der Waals surface area contributed by atoms with Crippen LogP contribution in [0.15, 0.2) is 42.5 Å². The van der Waals surface area contributed by atoms with E-state index in [1.54, 1.807) is 12.1 Å². The van der Waals surface area contributed by atoms with Gasteiger partial charge in [-0.05, 0) is 49.0 Å². The normalized spacial score (nSPS) is 16.2. The molecule has 0 radical (unpaired) electrons. The summed E-state index contributed by atoms with van der Waals surface area (Å²) < 4.78 is 31.4. The minimum Gasteiger partial charge on any atom is -0.476 e.